The van der Waals surface area contributed by atoms with Gasteiger partial charge in [0.1, 0.15) is 12.3 Å². The van der Waals surface area contributed by atoms with Gasteiger partial charge in [-0.15, -0.1) is 0 Å². The maximum Gasteiger partial charge on any atom is 0.261 e. The molecule has 0 aliphatic heterocycles. The highest BCUT2D eigenvalue weighted by Gasteiger charge is 2.21. The smallest absolute Gasteiger partial charge is 0.261 e. The number of benzene rings is 1. The summed E-state index contributed by atoms with van der Waals surface area (Å²) in [7, 11) is 0. The summed E-state index contributed by atoms with van der Waals surface area (Å²) >= 11 is 0. The fraction of sp³-hybridized carbons (Fsp3) is 0.300. The van der Waals surface area contributed by atoms with Crippen molar-refractivity contribution in [1.82, 2.24) is 20.0 Å². The molecule has 1 amide bonds. The maximum absolute atomic E-state index is 12.6. The Morgan fingerprint density at radius 2 is 1.96 bits per heavy atom. The van der Waals surface area contributed by atoms with Gasteiger partial charge in [0.2, 0.25) is 11.7 Å². The molecule has 3 aromatic rings. The van der Waals surface area contributed by atoms with Gasteiger partial charge in [-0.25, -0.2) is 0 Å². The molecule has 3 rings (SSSR count). The van der Waals surface area contributed by atoms with E-state index in [9.17, 15) is 4.79 Å². The van der Waals surface area contributed by atoms with Crippen molar-refractivity contribution in [3.05, 3.63) is 60.2 Å². The van der Waals surface area contributed by atoms with Crippen LogP contribution >= 0.6 is 0 Å². The highest BCUT2D eigenvalue weighted by atomic mass is 16.5. The Morgan fingerprint density at radius 1 is 1.19 bits per heavy atom. The minimum Gasteiger partial charge on any atom is -0.482 e. The molecule has 0 saturated carbocycles. The molecule has 1 aromatic carbocycles. The number of pyridine rings is 1. The molecule has 0 bridgehead atoms. The maximum atomic E-state index is 12.6. The van der Waals surface area contributed by atoms with Crippen LogP contribution in [0.2, 0.25) is 0 Å². The van der Waals surface area contributed by atoms with Crippen molar-refractivity contribution < 1.29 is 14.1 Å². The molecule has 0 radical (unpaired) electrons. The van der Waals surface area contributed by atoms with E-state index < -0.39 is 0 Å². The number of amides is 1. The zero-order valence-electron chi connectivity index (χ0n) is 15.6. The molecule has 7 heteroatoms. The van der Waals surface area contributed by atoms with Crippen LogP contribution in [0.4, 0.5) is 0 Å². The van der Waals surface area contributed by atoms with Crippen LogP contribution in [-0.2, 0) is 11.3 Å². The van der Waals surface area contributed by atoms with Crippen LogP contribution in [0.5, 0.6) is 5.75 Å². The van der Waals surface area contributed by atoms with Gasteiger partial charge < -0.3 is 14.2 Å². The van der Waals surface area contributed by atoms with E-state index in [-0.39, 0.29) is 25.1 Å². The number of hydrogen-bond donors (Lipinski definition) is 0. The lowest BCUT2D eigenvalue weighted by Gasteiger charge is -2.25. The van der Waals surface area contributed by atoms with Crippen LogP contribution in [0.25, 0.3) is 11.4 Å². The molecule has 0 fully saturated rings. The Hall–Kier alpha value is -3.22. The van der Waals surface area contributed by atoms with Gasteiger partial charge in [-0.2, -0.15) is 4.98 Å². The van der Waals surface area contributed by atoms with Crippen LogP contribution < -0.4 is 4.74 Å². The van der Waals surface area contributed by atoms with Crippen LogP contribution in [0.3, 0.4) is 0 Å². The number of rotatable bonds is 7. The molecule has 0 atom stereocenters. The van der Waals surface area contributed by atoms with Crippen molar-refractivity contribution in [2.75, 3.05) is 6.61 Å². The third kappa shape index (κ3) is 4.91. The fourth-order valence-corrected chi connectivity index (χ4v) is 2.50. The van der Waals surface area contributed by atoms with Gasteiger partial charge in [0.15, 0.2) is 6.61 Å². The third-order valence-electron chi connectivity index (χ3n) is 4.00. The minimum atomic E-state index is -0.162. The van der Waals surface area contributed by atoms with Gasteiger partial charge in [0.25, 0.3) is 5.91 Å². The van der Waals surface area contributed by atoms with E-state index in [2.05, 4.69) is 15.1 Å². The van der Waals surface area contributed by atoms with Crippen molar-refractivity contribution in [1.29, 1.82) is 0 Å². The molecule has 0 aliphatic rings. The number of aromatic nitrogens is 3. The zero-order chi connectivity index (χ0) is 19.2. The predicted octanol–water partition coefficient (Wildman–Crippen LogP) is 3.26. The Morgan fingerprint density at radius 3 is 2.63 bits per heavy atom. The Balaban J connectivity index is 1.64. The molecule has 140 valence electrons. The van der Waals surface area contributed by atoms with Gasteiger partial charge >= 0.3 is 0 Å². The first kappa shape index (κ1) is 18.6. The molecule has 2 aromatic heterocycles. The standard InChI is InChI=1S/C20H22N4O3/c1-14(2)24(19(25)13-26-17-10-9-15(3)21-11-17)12-18-22-20(23-27-18)16-7-5-4-6-8-16/h4-11,14H,12-13H2,1-3H3. The first-order chi connectivity index (χ1) is 13.0. The fourth-order valence-electron chi connectivity index (χ4n) is 2.50. The average Bonchev–Trinajstić information content (AvgIpc) is 3.15. The Labute approximate surface area is 158 Å². The SMILES string of the molecule is Cc1ccc(OCC(=O)N(Cc2nc(-c3ccccc3)no2)C(C)C)cn1. The summed E-state index contributed by atoms with van der Waals surface area (Å²) in [5.41, 5.74) is 1.76. The van der Waals surface area contributed by atoms with E-state index in [1.807, 2.05) is 57.2 Å². The second kappa shape index (κ2) is 8.44. The first-order valence-electron chi connectivity index (χ1n) is 8.76. The molecule has 27 heavy (non-hydrogen) atoms. The first-order valence-corrected chi connectivity index (χ1v) is 8.76. The minimum absolute atomic E-state index is 0.0377. The quantitative estimate of drug-likeness (QED) is 0.638. The van der Waals surface area contributed by atoms with Crippen molar-refractivity contribution in [2.24, 2.45) is 0 Å². The molecule has 0 N–H and O–H groups in total. The number of hydrogen-bond acceptors (Lipinski definition) is 6. The zero-order valence-corrected chi connectivity index (χ0v) is 15.6. The number of carbonyl (C=O) groups excluding carboxylic acids is 1. The van der Waals surface area contributed by atoms with Gasteiger partial charge in [0.05, 0.1) is 6.20 Å². The number of carbonyl (C=O) groups is 1. The van der Waals surface area contributed by atoms with E-state index in [1.165, 1.54) is 0 Å². The summed E-state index contributed by atoms with van der Waals surface area (Å²) in [4.78, 5) is 22.8. The Bertz CT molecular complexity index is 876. The molecule has 0 spiro atoms. The summed E-state index contributed by atoms with van der Waals surface area (Å²) in [6.07, 6.45) is 1.60. The normalized spacial score (nSPS) is 10.8. The van der Waals surface area contributed by atoms with Gasteiger partial charge in [-0.1, -0.05) is 35.5 Å². The molecule has 7 nitrogen and oxygen atoms in total. The average molecular weight is 366 g/mol. The lowest BCUT2D eigenvalue weighted by atomic mass is 10.2. The predicted molar refractivity (Wildman–Crippen MR) is 99.9 cm³/mol. The number of ether oxygens (including phenoxy) is 1. The number of aryl methyl sites for hydroxylation is 1. The van der Waals surface area contributed by atoms with Crippen molar-refractivity contribution in [2.45, 2.75) is 33.4 Å². The lowest BCUT2D eigenvalue weighted by molar-refractivity contribution is -0.136. The molecular weight excluding hydrogens is 344 g/mol. The van der Waals surface area contributed by atoms with Crippen LogP contribution in [0.1, 0.15) is 25.4 Å². The molecule has 0 saturated heterocycles. The van der Waals surface area contributed by atoms with E-state index in [0.29, 0.717) is 17.5 Å². The summed E-state index contributed by atoms with van der Waals surface area (Å²) in [5.74, 6) is 1.28. The third-order valence-corrected chi connectivity index (χ3v) is 4.00. The van der Waals surface area contributed by atoms with Gasteiger partial charge in [-0.3, -0.25) is 9.78 Å². The van der Waals surface area contributed by atoms with Crippen molar-refractivity contribution >= 4 is 5.91 Å². The molecular formula is C20H22N4O3. The van der Waals surface area contributed by atoms with Crippen molar-refractivity contribution in [3.63, 3.8) is 0 Å². The summed E-state index contributed by atoms with van der Waals surface area (Å²) in [5, 5.41) is 4.00. The Kier molecular flexibility index (Phi) is 5.80. The van der Waals surface area contributed by atoms with E-state index in [0.717, 1.165) is 11.3 Å². The number of nitrogens with zero attached hydrogens (tertiary/aromatic N) is 4. The molecule has 0 unspecified atom stereocenters. The topological polar surface area (TPSA) is 81.4 Å². The second-order valence-electron chi connectivity index (χ2n) is 6.42. The second-order valence-corrected chi connectivity index (χ2v) is 6.42. The van der Waals surface area contributed by atoms with Gasteiger partial charge in [-0.05, 0) is 32.9 Å². The van der Waals surface area contributed by atoms with E-state index in [1.54, 1.807) is 17.2 Å². The van der Waals surface area contributed by atoms with Gasteiger partial charge in [0, 0.05) is 17.3 Å². The lowest BCUT2D eigenvalue weighted by Crippen LogP contribution is -2.39. The summed E-state index contributed by atoms with van der Waals surface area (Å²) in [6.45, 7) is 5.90. The highest BCUT2D eigenvalue weighted by Crippen LogP contribution is 2.16. The van der Waals surface area contributed by atoms with Crippen LogP contribution in [-0.4, -0.2) is 38.6 Å². The summed E-state index contributed by atoms with van der Waals surface area (Å²) < 4.78 is 10.9. The monoisotopic (exact) mass is 366 g/mol. The highest BCUT2D eigenvalue weighted by molar-refractivity contribution is 5.78. The summed E-state index contributed by atoms with van der Waals surface area (Å²) in [6, 6.07) is 13.1. The largest absolute Gasteiger partial charge is 0.482 e. The van der Waals surface area contributed by atoms with E-state index >= 15 is 0 Å². The molecule has 2 heterocycles. The van der Waals surface area contributed by atoms with Crippen LogP contribution in [0, 0.1) is 6.92 Å². The molecule has 0 aliphatic carbocycles. The van der Waals surface area contributed by atoms with Crippen molar-refractivity contribution in [3.8, 4) is 17.1 Å². The van der Waals surface area contributed by atoms with E-state index in [4.69, 9.17) is 9.26 Å². The van der Waals surface area contributed by atoms with Crippen LogP contribution in [0.15, 0.2) is 53.2 Å².